The molecule has 2 amide bonds. The van der Waals surface area contributed by atoms with Crippen molar-refractivity contribution in [3.8, 4) is 0 Å². The number of carbonyl (C=O) groups excluding carboxylic acids is 2. The molecule has 4 aromatic carbocycles. The van der Waals surface area contributed by atoms with Gasteiger partial charge in [0.1, 0.15) is 22.8 Å². The highest BCUT2D eigenvalue weighted by molar-refractivity contribution is 14.1. The summed E-state index contributed by atoms with van der Waals surface area (Å²) in [6, 6.07) is 16.8. The van der Waals surface area contributed by atoms with E-state index < -0.39 is 34.7 Å². The van der Waals surface area contributed by atoms with Crippen molar-refractivity contribution < 1.29 is 38.3 Å². The highest BCUT2D eigenvalue weighted by atomic mass is 127. The van der Waals surface area contributed by atoms with Crippen LogP contribution in [0.3, 0.4) is 0 Å². The molecule has 10 nitrogen and oxygen atoms in total. The lowest BCUT2D eigenvalue weighted by Crippen LogP contribution is -2.38. The van der Waals surface area contributed by atoms with Gasteiger partial charge in [-0.15, -0.1) is 0 Å². The van der Waals surface area contributed by atoms with E-state index in [-0.39, 0.29) is 33.3 Å². The molecule has 0 radical (unpaired) electrons. The number of benzene rings is 4. The third-order valence-corrected chi connectivity index (χ3v) is 10.3. The molecule has 0 spiro atoms. The van der Waals surface area contributed by atoms with Crippen LogP contribution in [-0.2, 0) is 9.68 Å². The molecule has 0 bridgehead atoms. The number of hydrogen-bond donors (Lipinski definition) is 6. The van der Waals surface area contributed by atoms with Gasteiger partial charge in [0.2, 0.25) is 0 Å². The number of amides is 2. The molecule has 0 atom stereocenters. The molecule has 1 aliphatic carbocycles. The first-order chi connectivity index (χ1) is 24.5. The van der Waals surface area contributed by atoms with Gasteiger partial charge in [0.15, 0.2) is 0 Å². The lowest BCUT2D eigenvalue weighted by atomic mass is 10.1. The summed E-state index contributed by atoms with van der Waals surface area (Å²) in [6.07, 6.45) is 1.37. The summed E-state index contributed by atoms with van der Waals surface area (Å²) in [5.41, 5.74) is 7.57. The van der Waals surface area contributed by atoms with Crippen LogP contribution in [0.1, 0.15) is 58.5 Å². The molecule has 5 rings (SSSR count). The van der Waals surface area contributed by atoms with E-state index in [0.717, 1.165) is 29.6 Å². The van der Waals surface area contributed by atoms with Crippen molar-refractivity contribution >= 4 is 112 Å². The van der Waals surface area contributed by atoms with Crippen molar-refractivity contribution in [3.63, 3.8) is 0 Å². The Morgan fingerprint density at radius 2 is 1.21 bits per heavy atom. The molecular formula is C36H36Br2F2I2N4O6. The average molecular weight is 1070 g/mol. The number of anilines is 4. The molecule has 4 aromatic rings. The summed E-state index contributed by atoms with van der Waals surface area (Å²) >= 11 is 10.6. The normalized spacial score (nSPS) is 13.1. The van der Waals surface area contributed by atoms with E-state index in [4.69, 9.17) is 9.68 Å². The Morgan fingerprint density at radius 3 is 1.60 bits per heavy atom. The zero-order chi connectivity index (χ0) is 38.4. The number of aliphatic hydroxyl groups is 2. The fraction of sp³-hybridized carbons (Fsp3) is 0.278. The molecule has 16 heteroatoms. The molecule has 0 aromatic heterocycles. The van der Waals surface area contributed by atoms with Crippen molar-refractivity contribution in [1.29, 1.82) is 0 Å². The molecular weight excluding hydrogens is 1040 g/mol. The Morgan fingerprint density at radius 1 is 0.769 bits per heavy atom. The van der Waals surface area contributed by atoms with Crippen LogP contribution in [-0.4, -0.2) is 46.4 Å². The summed E-state index contributed by atoms with van der Waals surface area (Å²) in [7, 11) is 0. The number of aryl methyl sites for hydroxylation is 2. The number of nitrogens with one attached hydrogen (secondary N) is 4. The minimum Gasteiger partial charge on any atom is -0.393 e. The van der Waals surface area contributed by atoms with E-state index >= 15 is 0 Å². The molecule has 1 saturated carbocycles. The predicted octanol–water partition coefficient (Wildman–Crippen LogP) is 9.11. The van der Waals surface area contributed by atoms with Crippen LogP contribution < -0.4 is 21.6 Å². The smallest absolute Gasteiger partial charge is 0.277 e. The second-order valence-corrected chi connectivity index (χ2v) is 16.8. The Bertz CT molecular complexity index is 1840. The maximum Gasteiger partial charge on any atom is 0.277 e. The molecule has 52 heavy (non-hydrogen) atoms. The molecule has 0 aliphatic heterocycles. The summed E-state index contributed by atoms with van der Waals surface area (Å²) in [5.74, 6) is -2.06. The maximum atomic E-state index is 14.0. The minimum absolute atomic E-state index is 0.159. The van der Waals surface area contributed by atoms with E-state index in [1.165, 1.54) is 24.3 Å². The third kappa shape index (κ3) is 11.5. The molecule has 278 valence electrons. The Balaban J connectivity index is 0.000000233. The van der Waals surface area contributed by atoms with Gasteiger partial charge in [0.25, 0.3) is 11.8 Å². The van der Waals surface area contributed by atoms with Gasteiger partial charge < -0.3 is 20.8 Å². The van der Waals surface area contributed by atoms with E-state index in [9.17, 15) is 28.6 Å². The number of carbonyl (C=O) groups is 2. The van der Waals surface area contributed by atoms with Crippen molar-refractivity contribution in [1.82, 2.24) is 11.0 Å². The van der Waals surface area contributed by atoms with Crippen molar-refractivity contribution in [2.45, 2.75) is 51.7 Å². The second-order valence-electron chi connectivity index (χ2n) is 12.6. The lowest BCUT2D eigenvalue weighted by molar-refractivity contribution is -0.0956. The Hall–Kier alpha value is -2.46. The van der Waals surface area contributed by atoms with E-state index in [1.54, 1.807) is 13.8 Å². The summed E-state index contributed by atoms with van der Waals surface area (Å²) in [6.45, 7) is 6.68. The van der Waals surface area contributed by atoms with Crippen molar-refractivity contribution in [2.75, 3.05) is 23.8 Å². The van der Waals surface area contributed by atoms with Gasteiger partial charge in [-0.1, -0.05) is 0 Å². The first-order valence-corrected chi connectivity index (χ1v) is 19.4. The van der Waals surface area contributed by atoms with Gasteiger partial charge in [-0.05, 0) is 189 Å². The standard InChI is InChI=1S/C18H17BrFIN2O3.C18H19BrFIN2O3/c1-10-6-11(21)2-3-15(10)22-16-8-14(20)13(19)7-12(16)17(25)23-26-18(9-24)4-5-18;1-10-6-11(21)4-5-15(10)22-16-8-14(20)13(19)7-12(16)17(25)23-26-18(2,3)9-24/h2-3,6-8,22,24H,4-5,9H2,1H3,(H,23,25);4-8,22,24H,9H2,1-3H3,(H,23,25). The predicted molar refractivity (Wildman–Crippen MR) is 220 cm³/mol. The highest BCUT2D eigenvalue weighted by Gasteiger charge is 2.45. The topological polar surface area (TPSA) is 141 Å². The maximum absolute atomic E-state index is 14.0. The monoisotopic (exact) mass is 1070 g/mol. The number of aliphatic hydroxyl groups excluding tert-OH is 2. The zero-order valence-electron chi connectivity index (χ0n) is 28.4. The van der Waals surface area contributed by atoms with Crippen LogP contribution in [0, 0.1) is 32.6 Å². The van der Waals surface area contributed by atoms with E-state index in [0.29, 0.717) is 24.2 Å². The first kappa shape index (κ1) is 42.3. The summed E-state index contributed by atoms with van der Waals surface area (Å²) < 4.78 is 30.6. The third-order valence-electron chi connectivity index (χ3n) is 7.78. The van der Waals surface area contributed by atoms with Gasteiger partial charge in [0.05, 0.1) is 44.7 Å². The zero-order valence-corrected chi connectivity index (χ0v) is 35.9. The molecule has 1 fully saturated rings. The average Bonchev–Trinajstić information content (AvgIpc) is 3.89. The molecule has 1 aliphatic rings. The number of hydrogen-bond acceptors (Lipinski definition) is 8. The van der Waals surface area contributed by atoms with Gasteiger partial charge in [0, 0.05) is 18.5 Å². The van der Waals surface area contributed by atoms with Crippen LogP contribution >= 0.6 is 77.0 Å². The number of hydroxylamine groups is 2. The Kier molecular flexibility index (Phi) is 14.8. The molecule has 0 unspecified atom stereocenters. The van der Waals surface area contributed by atoms with Gasteiger partial charge in [-0.2, -0.15) is 0 Å². The highest BCUT2D eigenvalue weighted by Crippen LogP contribution is 2.38. The number of halogens is 6. The van der Waals surface area contributed by atoms with E-state index in [2.05, 4.69) is 98.6 Å². The molecule has 0 heterocycles. The largest absolute Gasteiger partial charge is 0.393 e. The fourth-order valence-electron chi connectivity index (χ4n) is 4.41. The van der Waals surface area contributed by atoms with Gasteiger partial charge >= 0.3 is 0 Å². The number of rotatable bonds is 12. The van der Waals surface area contributed by atoms with Crippen LogP contribution in [0.25, 0.3) is 0 Å². The van der Waals surface area contributed by atoms with Crippen LogP contribution in [0.15, 0.2) is 69.6 Å². The van der Waals surface area contributed by atoms with Crippen molar-refractivity contribution in [3.05, 3.63) is 111 Å². The van der Waals surface area contributed by atoms with Crippen LogP contribution in [0.4, 0.5) is 31.5 Å². The quantitative estimate of drug-likeness (QED) is 0.0611. The van der Waals surface area contributed by atoms with Crippen LogP contribution in [0.2, 0.25) is 0 Å². The summed E-state index contributed by atoms with van der Waals surface area (Å²) in [4.78, 5) is 35.6. The fourth-order valence-corrected chi connectivity index (χ4v) is 6.39. The summed E-state index contributed by atoms with van der Waals surface area (Å²) in [5, 5.41) is 24.7. The van der Waals surface area contributed by atoms with Gasteiger partial charge in [-0.3, -0.25) is 19.3 Å². The molecule has 6 N–H and O–H groups in total. The first-order valence-electron chi connectivity index (χ1n) is 15.7. The van der Waals surface area contributed by atoms with E-state index in [1.807, 2.05) is 50.2 Å². The lowest BCUT2D eigenvalue weighted by Gasteiger charge is -2.22. The second kappa shape index (κ2) is 18.2. The Labute approximate surface area is 344 Å². The van der Waals surface area contributed by atoms with Crippen LogP contribution in [0.5, 0.6) is 0 Å². The SMILES string of the molecule is Cc1cc(I)ccc1Nc1cc(F)c(Br)cc1C(=O)NOC(C)(C)CO.Cc1cc(I)ccc1Nc1cc(F)c(Br)cc1C(=O)NOC1(CO)CC1. The van der Waals surface area contributed by atoms with Gasteiger partial charge in [-0.25, -0.2) is 19.7 Å². The van der Waals surface area contributed by atoms with Crippen molar-refractivity contribution in [2.24, 2.45) is 0 Å². The molecule has 0 saturated heterocycles. The minimum atomic E-state index is -0.937.